The molecule has 0 aromatic rings. The minimum Gasteiger partial charge on any atom is -0.734 e. The first kappa shape index (κ1) is 27.1. The number of hydrogen-bond acceptors (Lipinski definition) is 9. The van der Waals surface area contributed by atoms with Gasteiger partial charge in [-0.25, -0.2) is 25.3 Å². The van der Waals surface area contributed by atoms with Crippen molar-refractivity contribution in [2.45, 2.75) is 0 Å². The van der Waals surface area contributed by atoms with Gasteiger partial charge in [0.25, 0.3) is 0 Å². The van der Waals surface area contributed by atoms with Crippen LogP contribution in [0, 0.1) is 0 Å². The van der Waals surface area contributed by atoms with E-state index in [1.807, 2.05) is 0 Å². The zero-order valence-corrected chi connectivity index (χ0v) is 16.8. The summed E-state index contributed by atoms with van der Waals surface area (Å²) in [5.41, 5.74) is 0. The average Bonchev–Trinajstić information content (AvgIpc) is 1.44. The second-order valence-electron chi connectivity index (χ2n) is 1.51. The van der Waals surface area contributed by atoms with Crippen molar-refractivity contribution in [2.24, 2.45) is 0 Å². The number of rotatable bonds is 3. The van der Waals surface area contributed by atoms with Gasteiger partial charge in [0.1, 0.15) is 0 Å². The molecule has 0 heterocycles. The molecule has 0 bridgehead atoms. The molecule has 0 aromatic heterocycles. The van der Waals surface area contributed by atoms with E-state index in [1.165, 1.54) is 0 Å². The summed E-state index contributed by atoms with van der Waals surface area (Å²) < 4.78 is 86.3. The third kappa shape index (κ3) is 9.60. The first-order chi connectivity index (χ1) is 5.37. The average molecular weight is 323 g/mol. The van der Waals surface area contributed by atoms with Gasteiger partial charge < -0.3 is 13.7 Å². The van der Waals surface area contributed by atoms with Crippen molar-refractivity contribution in [3.05, 3.63) is 0 Å². The molecule has 0 aliphatic rings. The van der Waals surface area contributed by atoms with Gasteiger partial charge >= 0.3 is 88.7 Å². The van der Waals surface area contributed by atoms with Gasteiger partial charge in [-0.3, -0.25) is 0 Å². The van der Waals surface area contributed by atoms with Crippen molar-refractivity contribution in [2.75, 3.05) is 0 Å². The predicted molar refractivity (Wildman–Crippen MR) is 30.9 cm³/mol. The molecule has 0 unspecified atom stereocenters. The van der Waals surface area contributed by atoms with Crippen molar-refractivity contribution in [1.82, 2.24) is 3.12 Å². The molecule has 16 heteroatoms. The monoisotopic (exact) mass is 323 g/mol. The molecule has 0 fully saturated rings. The summed E-state index contributed by atoms with van der Waals surface area (Å²) in [4.78, 5) is 0. The molecule has 80 valence electrons. The molecule has 16 heavy (non-hydrogen) atoms. The van der Waals surface area contributed by atoms with Crippen molar-refractivity contribution in [3.63, 3.8) is 0 Å². The molecule has 0 spiro atoms. The van der Waals surface area contributed by atoms with Gasteiger partial charge in [0.2, 0.25) is 0 Å². The maximum atomic E-state index is 9.84. The third-order valence-electron chi connectivity index (χ3n) is 0.548. The molecule has 0 saturated heterocycles. The summed E-state index contributed by atoms with van der Waals surface area (Å²) in [6, 6.07) is 0. The van der Waals surface area contributed by atoms with E-state index in [0.717, 1.165) is 0 Å². The standard InChI is InChI=1S/H3NO9S3.3Na/c2-11(3,4)1(12(5,6)7)13(8,9)10;;;/h(H,2,3,4)(H,5,6,7)(H,8,9,10);;;/q;3*+1/p-3. The largest absolute Gasteiger partial charge is 1.00 e. The molecule has 10 nitrogen and oxygen atoms in total. The zero-order valence-electron chi connectivity index (χ0n) is 8.35. The summed E-state index contributed by atoms with van der Waals surface area (Å²) in [6.07, 6.45) is 0. The molecule has 0 radical (unpaired) electrons. The summed E-state index contributed by atoms with van der Waals surface area (Å²) in [5, 5.41) is 0. The Labute approximate surface area is 159 Å². The fourth-order valence-electron chi connectivity index (χ4n) is 0.335. The predicted octanol–water partition coefficient (Wildman–Crippen LogP) is -12.3. The fourth-order valence-corrected chi connectivity index (χ4v) is 3.02. The topological polar surface area (TPSA) is 175 Å². The van der Waals surface area contributed by atoms with Crippen LogP contribution >= 0.6 is 0 Å². The molecule has 0 N–H and O–H groups in total. The van der Waals surface area contributed by atoms with E-state index in [9.17, 15) is 38.9 Å². The zero-order chi connectivity index (χ0) is 11.1. The summed E-state index contributed by atoms with van der Waals surface area (Å²) in [7, 11) is -18.6. The molecular weight excluding hydrogens is 323 g/mol. The molecule has 0 atom stereocenters. The first-order valence-electron chi connectivity index (χ1n) is 2.05. The van der Waals surface area contributed by atoms with Crippen LogP contribution in [0.2, 0.25) is 0 Å². The van der Waals surface area contributed by atoms with Crippen LogP contribution in [0.15, 0.2) is 0 Å². The van der Waals surface area contributed by atoms with Crippen LogP contribution < -0.4 is 88.7 Å². The minimum atomic E-state index is -6.20. The van der Waals surface area contributed by atoms with E-state index in [0.29, 0.717) is 0 Å². The molecule has 0 saturated carbocycles. The Morgan fingerprint density at radius 1 is 0.562 bits per heavy atom. The van der Waals surface area contributed by atoms with Crippen LogP contribution in [0.25, 0.3) is 0 Å². The Morgan fingerprint density at radius 3 is 0.688 bits per heavy atom. The fraction of sp³-hybridized carbons (Fsp3) is 0. The van der Waals surface area contributed by atoms with E-state index in [4.69, 9.17) is 0 Å². The van der Waals surface area contributed by atoms with E-state index in [1.54, 1.807) is 0 Å². The van der Waals surface area contributed by atoms with Gasteiger partial charge in [-0.15, -0.1) is 0 Å². The van der Waals surface area contributed by atoms with Crippen molar-refractivity contribution >= 4 is 30.9 Å². The molecule has 0 aromatic carbocycles. The van der Waals surface area contributed by atoms with Crippen molar-refractivity contribution in [1.29, 1.82) is 0 Å². The molecule has 0 amide bonds. The molecule has 0 rings (SSSR count). The summed E-state index contributed by atoms with van der Waals surface area (Å²) in [5.74, 6) is 0. The number of hydrogen-bond donors (Lipinski definition) is 0. The van der Waals surface area contributed by atoms with Crippen LogP contribution in [-0.4, -0.2) is 42.0 Å². The Bertz CT molecular complexity index is 408. The van der Waals surface area contributed by atoms with Crippen LogP contribution in [0.5, 0.6) is 0 Å². The van der Waals surface area contributed by atoms with Crippen LogP contribution in [0.4, 0.5) is 0 Å². The SMILES string of the molecule is O=S(=O)([O-])N(S(=O)(=O)[O-])S(=O)(=O)[O-].[Na+].[Na+].[Na+]. The van der Waals surface area contributed by atoms with Crippen molar-refractivity contribution in [3.8, 4) is 0 Å². The minimum absolute atomic E-state index is 0. The molecule has 0 aliphatic heterocycles. The quantitative estimate of drug-likeness (QED) is 0.360. The maximum Gasteiger partial charge on any atom is 1.00 e. The Morgan fingerprint density at radius 2 is 0.688 bits per heavy atom. The van der Waals surface area contributed by atoms with Crippen molar-refractivity contribution < 1.29 is 128 Å². The van der Waals surface area contributed by atoms with Crippen LogP contribution in [0.1, 0.15) is 0 Å². The van der Waals surface area contributed by atoms with Gasteiger partial charge in [0.05, 0.1) is 0 Å². The Kier molecular flexibility index (Phi) is 14.9. The second kappa shape index (κ2) is 8.78. The van der Waals surface area contributed by atoms with Gasteiger partial charge in [0, 0.05) is 0 Å². The van der Waals surface area contributed by atoms with E-state index >= 15 is 0 Å². The Hall–Kier alpha value is 2.69. The Balaban J connectivity index is -0.000000240. The summed E-state index contributed by atoms with van der Waals surface area (Å²) in [6.45, 7) is 0. The van der Waals surface area contributed by atoms with E-state index in [2.05, 4.69) is 0 Å². The van der Waals surface area contributed by atoms with Gasteiger partial charge in [-0.2, -0.15) is 0 Å². The molecular formula is NNa3O9S3. The maximum absolute atomic E-state index is 9.84. The second-order valence-corrected chi connectivity index (χ2v) is 5.86. The van der Waals surface area contributed by atoms with Crippen LogP contribution in [0.3, 0.4) is 0 Å². The van der Waals surface area contributed by atoms with Gasteiger partial charge in [0.15, 0.2) is 30.9 Å². The van der Waals surface area contributed by atoms with Gasteiger partial charge in [-0.1, -0.05) is 0 Å². The smallest absolute Gasteiger partial charge is 0.734 e. The number of nitrogens with zero attached hydrogens (tertiary/aromatic N) is 1. The van der Waals surface area contributed by atoms with E-state index < -0.39 is 34.0 Å². The van der Waals surface area contributed by atoms with Crippen LogP contribution in [-0.2, 0) is 30.9 Å². The van der Waals surface area contributed by atoms with Gasteiger partial charge in [-0.05, 0) is 3.12 Å². The summed E-state index contributed by atoms with van der Waals surface area (Å²) >= 11 is 0. The van der Waals surface area contributed by atoms with E-state index in [-0.39, 0.29) is 88.7 Å². The first-order valence-corrected chi connectivity index (χ1v) is 6.14. The normalized spacial score (nSPS) is 12.0. The third-order valence-corrected chi connectivity index (χ3v) is 4.93. The molecule has 0 aliphatic carbocycles.